The number of nitrogens with one attached hydrogen (secondary N) is 1. The van der Waals surface area contributed by atoms with E-state index < -0.39 is 28.0 Å². The maximum absolute atomic E-state index is 12.5. The van der Waals surface area contributed by atoms with Gasteiger partial charge < -0.3 is 10.1 Å². The van der Waals surface area contributed by atoms with Crippen molar-refractivity contribution in [3.8, 4) is 0 Å². The quantitative estimate of drug-likeness (QED) is 0.435. The molecule has 2 rings (SSSR count). The zero-order valence-corrected chi connectivity index (χ0v) is 19.8. The number of sulfonamides is 1. The standard InChI is InChI=1S/C22H25ClN2O6S/c1-14-5-10-18(32(29,30)25(3)4)13-19(14)24-22(28)15(2)31-21(27)12-11-20(26)16-6-8-17(23)9-7-16/h5-10,13,15H,11-12H2,1-4H3,(H,24,28). The normalized spacial score (nSPS) is 12.3. The second kappa shape index (κ2) is 10.7. The van der Waals surface area contributed by atoms with E-state index in [1.807, 2.05) is 0 Å². The summed E-state index contributed by atoms with van der Waals surface area (Å²) in [7, 11) is -0.856. The number of hydrogen-bond acceptors (Lipinski definition) is 6. The zero-order chi connectivity index (χ0) is 24.1. The Morgan fingerprint density at radius 3 is 2.28 bits per heavy atom. The number of Topliss-reactive ketones (excluding diaryl/α,β-unsaturated/α-hetero) is 1. The third kappa shape index (κ3) is 6.62. The van der Waals surface area contributed by atoms with Crippen LogP contribution in [0.1, 0.15) is 35.7 Å². The fourth-order valence-corrected chi connectivity index (χ4v) is 3.70. The average Bonchev–Trinajstić information content (AvgIpc) is 2.73. The minimum absolute atomic E-state index is 0.0220. The number of hydrogen-bond donors (Lipinski definition) is 1. The minimum atomic E-state index is -3.67. The van der Waals surface area contributed by atoms with Gasteiger partial charge in [-0.05, 0) is 55.8 Å². The van der Waals surface area contributed by atoms with Crippen molar-refractivity contribution in [2.75, 3.05) is 19.4 Å². The van der Waals surface area contributed by atoms with E-state index in [0.29, 0.717) is 21.8 Å². The lowest BCUT2D eigenvalue weighted by Crippen LogP contribution is -2.30. The number of ether oxygens (including phenoxy) is 1. The van der Waals surface area contributed by atoms with Gasteiger partial charge in [0.15, 0.2) is 11.9 Å². The van der Waals surface area contributed by atoms with Crippen molar-refractivity contribution >= 4 is 45.0 Å². The van der Waals surface area contributed by atoms with Crippen LogP contribution in [0.4, 0.5) is 5.69 Å². The summed E-state index contributed by atoms with van der Waals surface area (Å²) in [6.45, 7) is 3.10. The molecule has 0 aromatic heterocycles. The highest BCUT2D eigenvalue weighted by atomic mass is 35.5. The summed E-state index contributed by atoms with van der Waals surface area (Å²) in [5, 5.41) is 3.09. The van der Waals surface area contributed by atoms with E-state index in [9.17, 15) is 22.8 Å². The number of ketones is 1. The molecule has 1 amide bonds. The van der Waals surface area contributed by atoms with Gasteiger partial charge in [0.25, 0.3) is 5.91 Å². The number of benzene rings is 2. The molecule has 1 N–H and O–H groups in total. The Bertz CT molecular complexity index is 1110. The third-order valence-corrected chi connectivity index (χ3v) is 6.71. The fourth-order valence-electron chi connectivity index (χ4n) is 2.65. The predicted octanol–water partition coefficient (Wildman–Crippen LogP) is 3.43. The topological polar surface area (TPSA) is 110 Å². The lowest BCUT2D eigenvalue weighted by Gasteiger charge is -2.17. The minimum Gasteiger partial charge on any atom is -0.453 e. The first-order valence-corrected chi connectivity index (χ1v) is 11.6. The maximum atomic E-state index is 12.5. The van der Waals surface area contributed by atoms with Crippen molar-refractivity contribution in [2.45, 2.75) is 37.7 Å². The molecule has 8 nitrogen and oxygen atoms in total. The second-order valence-electron chi connectivity index (χ2n) is 7.32. The summed E-state index contributed by atoms with van der Waals surface area (Å²) in [6, 6.07) is 10.7. The summed E-state index contributed by atoms with van der Waals surface area (Å²) in [5.74, 6) is -1.56. The van der Waals surface area contributed by atoms with Crippen LogP contribution in [0, 0.1) is 6.92 Å². The van der Waals surface area contributed by atoms with Crippen LogP contribution in [0.15, 0.2) is 47.4 Å². The molecule has 2 aromatic carbocycles. The number of anilines is 1. The van der Waals surface area contributed by atoms with Crippen LogP contribution in [0.25, 0.3) is 0 Å². The van der Waals surface area contributed by atoms with Gasteiger partial charge in [-0.1, -0.05) is 17.7 Å². The van der Waals surface area contributed by atoms with E-state index in [4.69, 9.17) is 16.3 Å². The van der Waals surface area contributed by atoms with Gasteiger partial charge in [0.1, 0.15) is 0 Å². The van der Waals surface area contributed by atoms with E-state index in [-0.39, 0.29) is 23.5 Å². The number of esters is 1. The maximum Gasteiger partial charge on any atom is 0.307 e. The molecule has 2 aromatic rings. The number of aryl methyl sites for hydroxylation is 1. The molecule has 0 spiro atoms. The Balaban J connectivity index is 1.96. The molecule has 0 aliphatic heterocycles. The largest absolute Gasteiger partial charge is 0.453 e. The van der Waals surface area contributed by atoms with E-state index in [1.54, 1.807) is 37.3 Å². The Morgan fingerprint density at radius 1 is 1.06 bits per heavy atom. The van der Waals surface area contributed by atoms with Crippen LogP contribution in [0.2, 0.25) is 5.02 Å². The van der Waals surface area contributed by atoms with Crippen LogP contribution in [0.5, 0.6) is 0 Å². The van der Waals surface area contributed by atoms with Gasteiger partial charge in [-0.25, -0.2) is 12.7 Å². The van der Waals surface area contributed by atoms with Gasteiger partial charge in [0, 0.05) is 36.8 Å². The number of halogens is 1. The third-order valence-electron chi connectivity index (χ3n) is 4.65. The van der Waals surface area contributed by atoms with Crippen LogP contribution in [0.3, 0.4) is 0 Å². The molecule has 0 saturated heterocycles. The highest BCUT2D eigenvalue weighted by Crippen LogP contribution is 2.22. The first-order valence-electron chi connectivity index (χ1n) is 9.74. The van der Waals surface area contributed by atoms with Gasteiger partial charge in [-0.15, -0.1) is 0 Å². The van der Waals surface area contributed by atoms with Gasteiger partial charge in [-0.2, -0.15) is 0 Å². The molecule has 1 atom stereocenters. The van der Waals surface area contributed by atoms with Crippen molar-refractivity contribution in [3.63, 3.8) is 0 Å². The van der Waals surface area contributed by atoms with Crippen molar-refractivity contribution < 1.29 is 27.5 Å². The zero-order valence-electron chi connectivity index (χ0n) is 18.2. The number of amides is 1. The summed E-state index contributed by atoms with van der Waals surface area (Å²) in [6.07, 6.45) is -1.39. The molecule has 172 valence electrons. The van der Waals surface area contributed by atoms with Crippen molar-refractivity contribution in [2.24, 2.45) is 0 Å². The Hall–Kier alpha value is -2.75. The van der Waals surface area contributed by atoms with Gasteiger partial charge in [0.05, 0.1) is 11.3 Å². The van der Waals surface area contributed by atoms with Crippen molar-refractivity contribution in [1.29, 1.82) is 0 Å². The molecule has 10 heteroatoms. The van der Waals surface area contributed by atoms with Crippen LogP contribution >= 0.6 is 11.6 Å². The van der Waals surface area contributed by atoms with E-state index in [2.05, 4.69) is 5.32 Å². The summed E-state index contributed by atoms with van der Waals surface area (Å²) in [5.41, 5.74) is 1.36. The molecule has 0 heterocycles. The molecule has 1 unspecified atom stereocenters. The lowest BCUT2D eigenvalue weighted by molar-refractivity contribution is -0.153. The van der Waals surface area contributed by atoms with E-state index in [0.717, 1.165) is 4.31 Å². The molecule has 0 bridgehead atoms. The smallest absolute Gasteiger partial charge is 0.307 e. The SMILES string of the molecule is Cc1ccc(S(=O)(=O)N(C)C)cc1NC(=O)C(C)OC(=O)CCC(=O)c1ccc(Cl)cc1. The van der Waals surface area contributed by atoms with E-state index in [1.165, 1.54) is 33.2 Å². The molecular formula is C22H25ClN2O6S. The monoisotopic (exact) mass is 480 g/mol. The summed E-state index contributed by atoms with van der Waals surface area (Å²) >= 11 is 5.79. The van der Waals surface area contributed by atoms with Crippen molar-refractivity contribution in [3.05, 3.63) is 58.6 Å². The van der Waals surface area contributed by atoms with Gasteiger partial charge in [0.2, 0.25) is 10.0 Å². The summed E-state index contributed by atoms with van der Waals surface area (Å²) in [4.78, 5) is 36.7. The molecule has 32 heavy (non-hydrogen) atoms. The van der Waals surface area contributed by atoms with Crippen molar-refractivity contribution in [1.82, 2.24) is 4.31 Å². The number of rotatable bonds is 9. The van der Waals surface area contributed by atoms with Gasteiger partial charge >= 0.3 is 5.97 Å². The molecule has 0 radical (unpaired) electrons. The van der Waals surface area contributed by atoms with Gasteiger partial charge in [-0.3, -0.25) is 14.4 Å². The average molecular weight is 481 g/mol. The Morgan fingerprint density at radius 2 is 1.69 bits per heavy atom. The second-order valence-corrected chi connectivity index (χ2v) is 9.90. The fraction of sp³-hybridized carbons (Fsp3) is 0.318. The molecule has 0 aliphatic rings. The van der Waals surface area contributed by atoms with Crippen LogP contribution in [-0.2, 0) is 24.3 Å². The van der Waals surface area contributed by atoms with Crippen LogP contribution in [-0.4, -0.2) is 50.6 Å². The molecule has 0 aliphatic carbocycles. The number of nitrogens with zero attached hydrogens (tertiary/aromatic N) is 1. The van der Waals surface area contributed by atoms with E-state index >= 15 is 0 Å². The molecule has 0 fully saturated rings. The Kier molecular flexibility index (Phi) is 8.54. The first kappa shape index (κ1) is 25.5. The highest BCUT2D eigenvalue weighted by Gasteiger charge is 2.22. The summed E-state index contributed by atoms with van der Waals surface area (Å²) < 4.78 is 30.8. The lowest BCUT2D eigenvalue weighted by atomic mass is 10.1. The highest BCUT2D eigenvalue weighted by molar-refractivity contribution is 7.89. The predicted molar refractivity (Wildman–Crippen MR) is 121 cm³/mol. The molecular weight excluding hydrogens is 456 g/mol. The number of carbonyl (C=O) groups excluding carboxylic acids is 3. The molecule has 0 saturated carbocycles. The number of carbonyl (C=O) groups is 3. The van der Waals surface area contributed by atoms with Crippen LogP contribution < -0.4 is 5.32 Å². The first-order chi connectivity index (χ1) is 14.9. The Labute approximate surface area is 192 Å².